The predicted octanol–water partition coefficient (Wildman–Crippen LogP) is 7.29. The number of unbranched alkanes of at least 4 members (excludes halogenated alkanes) is 10. The van der Waals surface area contributed by atoms with Crippen LogP contribution < -0.4 is 0 Å². The minimum absolute atomic E-state index is 0.0365. The Morgan fingerprint density at radius 1 is 0.493 bits per heavy atom. The normalized spacial score (nSPS) is 26.8. The minimum atomic E-state index is -1.72. The fourth-order valence-electron chi connectivity index (χ4n) is 7.35. The molecule has 2 saturated heterocycles. The summed E-state index contributed by atoms with van der Waals surface area (Å²) in [5.74, 6) is -0.414. The molecule has 0 aliphatic carbocycles. The molecule has 14 heteroatoms. The van der Waals surface area contributed by atoms with Gasteiger partial charge in [-0.2, -0.15) is 0 Å². The zero-order valence-corrected chi connectivity index (χ0v) is 40.6. The number of rotatable bonds is 38. The summed E-state index contributed by atoms with van der Waals surface area (Å²) in [7, 11) is 0. The molecule has 0 aromatic carbocycles. The van der Waals surface area contributed by atoms with Crippen LogP contribution in [0, 0.1) is 0 Å². The molecule has 67 heavy (non-hydrogen) atoms. The molecule has 0 radical (unpaired) electrons. The van der Waals surface area contributed by atoms with E-state index in [1.165, 1.54) is 19.3 Å². The van der Waals surface area contributed by atoms with Crippen LogP contribution in [0.2, 0.25) is 0 Å². The van der Waals surface area contributed by atoms with Crippen LogP contribution in [0.15, 0.2) is 85.1 Å². The second-order valence-electron chi connectivity index (χ2n) is 17.2. The summed E-state index contributed by atoms with van der Waals surface area (Å²) in [6.07, 6.45) is 33.6. The van der Waals surface area contributed by atoms with Crippen molar-refractivity contribution in [1.29, 1.82) is 0 Å². The van der Waals surface area contributed by atoms with E-state index in [1.807, 2.05) is 0 Å². The molecular weight excluding hydrogens is 861 g/mol. The highest BCUT2D eigenvalue weighted by molar-refractivity contribution is 5.69. The van der Waals surface area contributed by atoms with Crippen molar-refractivity contribution in [3.05, 3.63) is 85.1 Å². The molecule has 0 aromatic heterocycles. The number of carbonyl (C=O) groups is 1. The van der Waals surface area contributed by atoms with Crippen molar-refractivity contribution in [1.82, 2.24) is 0 Å². The number of hydrogen-bond acceptors (Lipinski definition) is 14. The van der Waals surface area contributed by atoms with Gasteiger partial charge in [0.05, 0.1) is 26.4 Å². The molecule has 2 heterocycles. The lowest BCUT2D eigenvalue weighted by molar-refractivity contribution is -0.332. The summed E-state index contributed by atoms with van der Waals surface area (Å²) < 4.78 is 34.2. The van der Waals surface area contributed by atoms with E-state index in [1.54, 1.807) is 0 Å². The summed E-state index contributed by atoms with van der Waals surface area (Å²) in [4.78, 5) is 13.0. The number of esters is 1. The predicted molar refractivity (Wildman–Crippen MR) is 261 cm³/mol. The first kappa shape index (κ1) is 60.3. The van der Waals surface area contributed by atoms with E-state index in [0.717, 1.165) is 96.3 Å². The van der Waals surface area contributed by atoms with Gasteiger partial charge in [0.2, 0.25) is 0 Å². The van der Waals surface area contributed by atoms with Crippen LogP contribution >= 0.6 is 0 Å². The van der Waals surface area contributed by atoms with E-state index in [4.69, 9.17) is 28.4 Å². The van der Waals surface area contributed by atoms with Gasteiger partial charge in [0.25, 0.3) is 0 Å². The standard InChI is InChI=1S/C53H88O14/c1-3-5-7-9-11-13-15-17-18-19-20-21-22-23-25-27-29-31-33-35-37-62-39-42(65-45(55)36-34-32-30-28-26-24-16-14-12-10-8-6-4-2)40-63-52-51(61)49(59)47(57)44(67-52)41-64-53-50(60)48(58)46(56)43(38-54)66-53/h5-8,11-14,17-18,20-21,24,26,42-44,46-54,56-61H,3-4,9-10,15-16,19,22-23,25,27-41H2,1-2H3/b7-5-,8-6-,13-11-,14-12-,18-17-,21-20-,26-24-. The zero-order chi connectivity index (χ0) is 48.7. The van der Waals surface area contributed by atoms with E-state index in [0.29, 0.717) is 13.0 Å². The lowest BCUT2D eigenvalue weighted by Crippen LogP contribution is -2.61. The molecule has 0 saturated carbocycles. The molecule has 384 valence electrons. The van der Waals surface area contributed by atoms with Crippen molar-refractivity contribution in [3.63, 3.8) is 0 Å². The molecule has 7 N–H and O–H groups in total. The Morgan fingerprint density at radius 2 is 0.925 bits per heavy atom. The second kappa shape index (κ2) is 40.0. The van der Waals surface area contributed by atoms with Crippen LogP contribution in [0.5, 0.6) is 0 Å². The third-order valence-corrected chi connectivity index (χ3v) is 11.4. The molecule has 2 rings (SSSR count). The smallest absolute Gasteiger partial charge is 0.306 e. The zero-order valence-electron chi connectivity index (χ0n) is 40.6. The summed E-state index contributed by atoms with van der Waals surface area (Å²) >= 11 is 0. The fraction of sp³-hybridized carbons (Fsp3) is 0.717. The van der Waals surface area contributed by atoms with Gasteiger partial charge in [-0.1, -0.05) is 137 Å². The number of allylic oxidation sites excluding steroid dienone is 14. The van der Waals surface area contributed by atoms with Crippen molar-refractivity contribution in [2.75, 3.05) is 33.0 Å². The minimum Gasteiger partial charge on any atom is -0.457 e. The van der Waals surface area contributed by atoms with Gasteiger partial charge in [-0.15, -0.1) is 0 Å². The van der Waals surface area contributed by atoms with Crippen LogP contribution in [0.25, 0.3) is 0 Å². The maximum Gasteiger partial charge on any atom is 0.306 e. The second-order valence-corrected chi connectivity index (χ2v) is 17.2. The number of ether oxygens (including phenoxy) is 6. The van der Waals surface area contributed by atoms with E-state index >= 15 is 0 Å². The Kier molecular flexibility index (Phi) is 36.0. The maximum absolute atomic E-state index is 13.0. The van der Waals surface area contributed by atoms with Crippen LogP contribution in [-0.2, 0) is 33.2 Å². The molecule has 2 aliphatic heterocycles. The topological polar surface area (TPSA) is 214 Å². The Balaban J connectivity index is 1.78. The first-order valence-corrected chi connectivity index (χ1v) is 25.2. The Hall–Kier alpha value is -2.83. The Labute approximate surface area is 401 Å². The highest BCUT2D eigenvalue weighted by atomic mass is 16.7. The highest BCUT2D eigenvalue weighted by Gasteiger charge is 2.47. The Morgan fingerprint density at radius 3 is 1.45 bits per heavy atom. The van der Waals surface area contributed by atoms with Crippen LogP contribution in [0.3, 0.4) is 0 Å². The number of hydrogen-bond donors (Lipinski definition) is 7. The van der Waals surface area contributed by atoms with E-state index < -0.39 is 86.7 Å². The molecule has 11 unspecified atom stereocenters. The van der Waals surface area contributed by atoms with Gasteiger partial charge in [0.1, 0.15) is 54.9 Å². The molecule has 0 bridgehead atoms. The number of aliphatic hydroxyl groups is 7. The first-order valence-electron chi connectivity index (χ1n) is 25.2. The van der Waals surface area contributed by atoms with E-state index in [2.05, 4.69) is 98.9 Å². The van der Waals surface area contributed by atoms with Crippen molar-refractivity contribution in [2.24, 2.45) is 0 Å². The molecule has 2 aliphatic rings. The SMILES string of the molecule is CC/C=C\C/C=C\C/C=C\C/C=C\CCCCCCCCCOCC(COC1OC(COC2OC(CO)C(O)C(O)C2O)C(O)C(O)C1O)OC(=O)CCCCC/C=C\C/C=C\C/C=C\CC. The van der Waals surface area contributed by atoms with Crippen LogP contribution in [-0.4, -0.2) is 142 Å². The maximum atomic E-state index is 13.0. The van der Waals surface area contributed by atoms with E-state index in [-0.39, 0.29) is 19.6 Å². The molecular formula is C53H88O14. The highest BCUT2D eigenvalue weighted by Crippen LogP contribution is 2.26. The molecule has 0 amide bonds. The first-order chi connectivity index (χ1) is 32.6. The summed E-state index contributed by atoms with van der Waals surface area (Å²) in [5, 5.41) is 72.1. The average molecular weight is 949 g/mol. The lowest BCUT2D eigenvalue weighted by Gasteiger charge is -2.42. The Bertz CT molecular complexity index is 1430. The molecule has 0 aromatic rings. The van der Waals surface area contributed by atoms with Gasteiger partial charge in [0.15, 0.2) is 12.6 Å². The van der Waals surface area contributed by atoms with Crippen molar-refractivity contribution >= 4 is 5.97 Å². The monoisotopic (exact) mass is 949 g/mol. The summed E-state index contributed by atoms with van der Waals surface area (Å²) in [5.41, 5.74) is 0. The fourth-order valence-corrected chi connectivity index (χ4v) is 7.35. The van der Waals surface area contributed by atoms with Gasteiger partial charge >= 0.3 is 5.97 Å². The third-order valence-electron chi connectivity index (χ3n) is 11.4. The average Bonchev–Trinajstić information content (AvgIpc) is 3.32. The van der Waals surface area contributed by atoms with Gasteiger partial charge < -0.3 is 64.2 Å². The van der Waals surface area contributed by atoms with E-state index in [9.17, 15) is 40.5 Å². The summed E-state index contributed by atoms with van der Waals surface area (Å²) in [6.45, 7) is 3.36. The van der Waals surface area contributed by atoms with Gasteiger partial charge in [0, 0.05) is 13.0 Å². The van der Waals surface area contributed by atoms with Gasteiger partial charge in [-0.25, -0.2) is 0 Å². The quantitative estimate of drug-likeness (QED) is 0.0184. The van der Waals surface area contributed by atoms with Crippen molar-refractivity contribution in [2.45, 2.75) is 210 Å². The largest absolute Gasteiger partial charge is 0.457 e. The van der Waals surface area contributed by atoms with Gasteiger partial charge in [-0.3, -0.25) is 4.79 Å². The molecule has 14 nitrogen and oxygen atoms in total. The lowest BCUT2D eigenvalue weighted by atomic mass is 9.98. The van der Waals surface area contributed by atoms with Gasteiger partial charge in [-0.05, 0) is 83.5 Å². The number of aliphatic hydroxyl groups excluding tert-OH is 7. The number of carbonyl (C=O) groups excluding carboxylic acids is 1. The van der Waals surface area contributed by atoms with Crippen LogP contribution in [0.4, 0.5) is 0 Å². The molecule has 2 fully saturated rings. The third kappa shape index (κ3) is 27.8. The van der Waals surface area contributed by atoms with Crippen molar-refractivity contribution in [3.8, 4) is 0 Å². The van der Waals surface area contributed by atoms with Crippen molar-refractivity contribution < 1.29 is 69.0 Å². The summed E-state index contributed by atoms with van der Waals surface area (Å²) in [6, 6.07) is 0. The molecule has 0 spiro atoms. The van der Waals surface area contributed by atoms with Crippen LogP contribution in [0.1, 0.15) is 142 Å². The molecule has 11 atom stereocenters.